The van der Waals surface area contributed by atoms with E-state index in [1.54, 1.807) is 0 Å². The van der Waals surface area contributed by atoms with Crippen molar-refractivity contribution in [2.24, 2.45) is 23.7 Å². The zero-order valence-electron chi connectivity index (χ0n) is 10.1. The van der Waals surface area contributed by atoms with Crippen molar-refractivity contribution in [3.63, 3.8) is 0 Å². The van der Waals surface area contributed by atoms with Gasteiger partial charge in [-0.2, -0.15) is 0 Å². The first-order valence-electron chi connectivity index (χ1n) is 6.90. The molecule has 0 spiro atoms. The van der Waals surface area contributed by atoms with Crippen LogP contribution in [0.2, 0.25) is 0 Å². The third-order valence-electron chi connectivity index (χ3n) is 4.88. The molecular formula is C14H26O. The summed E-state index contributed by atoms with van der Waals surface area (Å²) in [5.74, 6) is 3.64. The predicted molar refractivity (Wildman–Crippen MR) is 63.7 cm³/mol. The molecule has 88 valence electrons. The molecule has 0 heterocycles. The number of hydrogen-bond donors (Lipinski definition) is 1. The van der Waals surface area contributed by atoms with Gasteiger partial charge in [-0.25, -0.2) is 0 Å². The number of aliphatic hydroxyl groups excluding tert-OH is 1. The lowest BCUT2D eigenvalue weighted by Crippen LogP contribution is -2.26. The van der Waals surface area contributed by atoms with Crippen LogP contribution in [0.1, 0.15) is 58.3 Å². The molecule has 0 amide bonds. The predicted octanol–water partition coefficient (Wildman–Crippen LogP) is 3.61. The van der Waals surface area contributed by atoms with Gasteiger partial charge < -0.3 is 5.11 Å². The molecule has 1 heteroatoms. The van der Waals surface area contributed by atoms with Crippen LogP contribution >= 0.6 is 0 Å². The molecule has 0 saturated heterocycles. The molecule has 0 aliphatic heterocycles. The first-order chi connectivity index (χ1) is 7.29. The molecule has 0 unspecified atom stereocenters. The Morgan fingerprint density at radius 2 is 1.27 bits per heavy atom. The van der Waals surface area contributed by atoms with Gasteiger partial charge in [0.2, 0.25) is 0 Å². The lowest BCUT2D eigenvalue weighted by atomic mass is 9.69. The van der Waals surface area contributed by atoms with E-state index in [0.29, 0.717) is 12.5 Å². The average molecular weight is 210 g/mol. The quantitative estimate of drug-likeness (QED) is 0.738. The monoisotopic (exact) mass is 210 g/mol. The highest BCUT2D eigenvalue weighted by Crippen LogP contribution is 2.40. The van der Waals surface area contributed by atoms with Gasteiger partial charge in [-0.15, -0.1) is 0 Å². The Balaban J connectivity index is 1.75. The highest BCUT2D eigenvalue weighted by Gasteiger charge is 2.29. The fourth-order valence-electron chi connectivity index (χ4n) is 3.60. The summed E-state index contributed by atoms with van der Waals surface area (Å²) in [6.45, 7) is 2.83. The number of aliphatic hydroxyl groups is 1. The second-order valence-corrected chi connectivity index (χ2v) is 5.98. The fraction of sp³-hybridized carbons (Fsp3) is 1.00. The summed E-state index contributed by atoms with van der Waals surface area (Å²) < 4.78 is 0. The third kappa shape index (κ3) is 2.96. The molecule has 2 fully saturated rings. The maximum absolute atomic E-state index is 9.12. The van der Waals surface area contributed by atoms with Crippen molar-refractivity contribution in [1.29, 1.82) is 0 Å². The van der Waals surface area contributed by atoms with Gasteiger partial charge in [-0.05, 0) is 62.2 Å². The summed E-state index contributed by atoms with van der Waals surface area (Å²) >= 11 is 0. The Labute approximate surface area is 94.3 Å². The molecule has 0 bridgehead atoms. The first-order valence-corrected chi connectivity index (χ1v) is 6.90. The van der Waals surface area contributed by atoms with Crippen molar-refractivity contribution < 1.29 is 5.11 Å². The van der Waals surface area contributed by atoms with E-state index in [0.717, 1.165) is 17.8 Å². The molecule has 0 radical (unpaired) electrons. The minimum atomic E-state index is 0.425. The maximum atomic E-state index is 9.12. The number of hydrogen-bond acceptors (Lipinski definition) is 1. The summed E-state index contributed by atoms with van der Waals surface area (Å²) in [6, 6.07) is 0. The van der Waals surface area contributed by atoms with Crippen LogP contribution in [-0.4, -0.2) is 11.7 Å². The van der Waals surface area contributed by atoms with Gasteiger partial charge in [0, 0.05) is 6.61 Å². The largest absolute Gasteiger partial charge is 0.396 e. The Morgan fingerprint density at radius 3 is 1.73 bits per heavy atom. The van der Waals surface area contributed by atoms with Crippen molar-refractivity contribution in [3.8, 4) is 0 Å². The van der Waals surface area contributed by atoms with E-state index in [2.05, 4.69) is 6.92 Å². The van der Waals surface area contributed by atoms with Crippen molar-refractivity contribution >= 4 is 0 Å². The normalized spacial score (nSPS) is 42.8. The number of rotatable bonds is 2. The van der Waals surface area contributed by atoms with E-state index in [-0.39, 0.29) is 0 Å². The molecule has 0 aromatic heterocycles. The zero-order chi connectivity index (χ0) is 10.7. The highest BCUT2D eigenvalue weighted by molar-refractivity contribution is 4.80. The summed E-state index contributed by atoms with van der Waals surface area (Å²) in [5.41, 5.74) is 0. The van der Waals surface area contributed by atoms with E-state index >= 15 is 0 Å². The van der Waals surface area contributed by atoms with Crippen molar-refractivity contribution in [1.82, 2.24) is 0 Å². The summed E-state index contributed by atoms with van der Waals surface area (Å²) in [7, 11) is 0. The first kappa shape index (κ1) is 11.4. The van der Waals surface area contributed by atoms with Gasteiger partial charge in [0.15, 0.2) is 0 Å². The Morgan fingerprint density at radius 1 is 0.800 bits per heavy atom. The molecule has 2 saturated carbocycles. The van der Waals surface area contributed by atoms with Crippen LogP contribution in [-0.2, 0) is 0 Å². The second kappa shape index (κ2) is 5.34. The minimum absolute atomic E-state index is 0.425. The van der Waals surface area contributed by atoms with E-state index in [4.69, 9.17) is 5.11 Å². The van der Waals surface area contributed by atoms with E-state index in [1.807, 2.05) is 0 Å². The van der Waals surface area contributed by atoms with Gasteiger partial charge in [-0.3, -0.25) is 0 Å². The topological polar surface area (TPSA) is 20.2 Å². The smallest absolute Gasteiger partial charge is 0.0459 e. The Kier molecular flexibility index (Phi) is 4.07. The molecule has 0 aromatic carbocycles. The van der Waals surface area contributed by atoms with E-state index < -0.39 is 0 Å². The molecule has 2 rings (SSSR count). The SMILES string of the molecule is C[C@H]1CC[C@H]([C@H]2CC[C@H](CO)CC2)CC1. The molecule has 0 aromatic rings. The molecule has 0 atom stereocenters. The van der Waals surface area contributed by atoms with Crippen LogP contribution in [0.25, 0.3) is 0 Å². The molecule has 2 aliphatic carbocycles. The fourth-order valence-corrected chi connectivity index (χ4v) is 3.60. The molecule has 1 N–H and O–H groups in total. The molecule has 2 aliphatic rings. The Bertz CT molecular complexity index is 174. The Hall–Kier alpha value is -0.0400. The van der Waals surface area contributed by atoms with Gasteiger partial charge in [0.05, 0.1) is 0 Å². The minimum Gasteiger partial charge on any atom is -0.396 e. The van der Waals surface area contributed by atoms with Crippen LogP contribution < -0.4 is 0 Å². The van der Waals surface area contributed by atoms with Crippen LogP contribution in [0.3, 0.4) is 0 Å². The summed E-state index contributed by atoms with van der Waals surface area (Å²) in [4.78, 5) is 0. The van der Waals surface area contributed by atoms with Crippen LogP contribution in [0, 0.1) is 23.7 Å². The van der Waals surface area contributed by atoms with Gasteiger partial charge in [-0.1, -0.05) is 19.8 Å². The summed E-state index contributed by atoms with van der Waals surface area (Å²) in [5, 5.41) is 9.12. The molecule has 15 heavy (non-hydrogen) atoms. The second-order valence-electron chi connectivity index (χ2n) is 5.98. The zero-order valence-corrected chi connectivity index (χ0v) is 10.1. The van der Waals surface area contributed by atoms with Crippen molar-refractivity contribution in [2.45, 2.75) is 58.3 Å². The van der Waals surface area contributed by atoms with E-state index in [9.17, 15) is 0 Å². The van der Waals surface area contributed by atoms with Crippen molar-refractivity contribution in [2.75, 3.05) is 6.61 Å². The van der Waals surface area contributed by atoms with Gasteiger partial charge in [0.25, 0.3) is 0 Å². The maximum Gasteiger partial charge on any atom is 0.0459 e. The highest BCUT2D eigenvalue weighted by atomic mass is 16.3. The van der Waals surface area contributed by atoms with Crippen LogP contribution in [0.4, 0.5) is 0 Å². The van der Waals surface area contributed by atoms with Crippen LogP contribution in [0.5, 0.6) is 0 Å². The van der Waals surface area contributed by atoms with E-state index in [1.165, 1.54) is 51.4 Å². The lowest BCUT2D eigenvalue weighted by Gasteiger charge is -2.36. The average Bonchev–Trinajstić information content (AvgIpc) is 2.30. The third-order valence-corrected chi connectivity index (χ3v) is 4.88. The molecule has 1 nitrogen and oxygen atoms in total. The molecular weight excluding hydrogens is 184 g/mol. The van der Waals surface area contributed by atoms with Crippen LogP contribution in [0.15, 0.2) is 0 Å². The van der Waals surface area contributed by atoms with Crippen molar-refractivity contribution in [3.05, 3.63) is 0 Å². The standard InChI is InChI=1S/C14H26O/c1-11-2-6-13(7-3-11)14-8-4-12(10-15)5-9-14/h11-15H,2-10H2,1H3/t11-,12-,13-,14-. The van der Waals surface area contributed by atoms with Gasteiger partial charge >= 0.3 is 0 Å². The van der Waals surface area contributed by atoms with Gasteiger partial charge in [0.1, 0.15) is 0 Å². The lowest BCUT2D eigenvalue weighted by molar-refractivity contribution is 0.119. The summed E-state index contributed by atoms with van der Waals surface area (Å²) in [6.07, 6.45) is 11.2.